The maximum absolute atomic E-state index is 11.8. The van der Waals surface area contributed by atoms with Crippen molar-refractivity contribution in [3.05, 3.63) is 23.9 Å². The van der Waals surface area contributed by atoms with Gasteiger partial charge in [0.1, 0.15) is 5.82 Å². The summed E-state index contributed by atoms with van der Waals surface area (Å²) >= 11 is 0. The standard InChI is InChI=1S/C15H22N4O3/c1-3-22-15(21)12-4-5-13(17-10-12)18-6-8-19(9-7-18)14(20)11(2)16/h4-5,10-11H,3,6-9,16H2,1-2H3. The predicted molar refractivity (Wildman–Crippen MR) is 82.6 cm³/mol. The number of amides is 1. The van der Waals surface area contributed by atoms with Crippen LogP contribution in [0.5, 0.6) is 0 Å². The van der Waals surface area contributed by atoms with Crippen molar-refractivity contribution >= 4 is 17.7 Å². The minimum absolute atomic E-state index is 0.0229. The summed E-state index contributed by atoms with van der Waals surface area (Å²) in [7, 11) is 0. The fourth-order valence-corrected chi connectivity index (χ4v) is 2.35. The van der Waals surface area contributed by atoms with E-state index >= 15 is 0 Å². The van der Waals surface area contributed by atoms with Gasteiger partial charge in [0, 0.05) is 32.4 Å². The van der Waals surface area contributed by atoms with Crippen molar-refractivity contribution in [2.24, 2.45) is 5.73 Å². The van der Waals surface area contributed by atoms with E-state index in [0.29, 0.717) is 38.3 Å². The molecule has 0 spiro atoms. The van der Waals surface area contributed by atoms with E-state index < -0.39 is 6.04 Å². The molecule has 2 N–H and O–H groups in total. The van der Waals surface area contributed by atoms with Crippen molar-refractivity contribution in [1.29, 1.82) is 0 Å². The maximum atomic E-state index is 11.8. The number of ether oxygens (including phenoxy) is 1. The molecule has 0 aromatic carbocycles. The molecule has 1 aliphatic rings. The molecule has 1 saturated heterocycles. The molecule has 1 unspecified atom stereocenters. The number of esters is 1. The van der Waals surface area contributed by atoms with Gasteiger partial charge < -0.3 is 20.3 Å². The molecule has 7 heteroatoms. The zero-order valence-electron chi connectivity index (χ0n) is 13.0. The first-order valence-corrected chi connectivity index (χ1v) is 7.45. The van der Waals surface area contributed by atoms with Gasteiger partial charge in [0.15, 0.2) is 0 Å². The topological polar surface area (TPSA) is 88.8 Å². The summed E-state index contributed by atoms with van der Waals surface area (Å²) in [5.41, 5.74) is 6.06. The van der Waals surface area contributed by atoms with Crippen LogP contribution >= 0.6 is 0 Å². The molecule has 22 heavy (non-hydrogen) atoms. The third-order valence-corrected chi connectivity index (χ3v) is 3.56. The van der Waals surface area contributed by atoms with Crippen molar-refractivity contribution in [3.8, 4) is 0 Å². The van der Waals surface area contributed by atoms with Gasteiger partial charge in [0.25, 0.3) is 0 Å². The van der Waals surface area contributed by atoms with Gasteiger partial charge in [-0.3, -0.25) is 4.79 Å². The fraction of sp³-hybridized carbons (Fsp3) is 0.533. The lowest BCUT2D eigenvalue weighted by Crippen LogP contribution is -2.52. The van der Waals surface area contributed by atoms with Crippen LogP contribution in [0.1, 0.15) is 24.2 Å². The molecule has 0 bridgehead atoms. The first kappa shape index (κ1) is 16.2. The highest BCUT2D eigenvalue weighted by atomic mass is 16.5. The van der Waals surface area contributed by atoms with Crippen molar-refractivity contribution in [2.45, 2.75) is 19.9 Å². The lowest BCUT2D eigenvalue weighted by Gasteiger charge is -2.36. The van der Waals surface area contributed by atoms with E-state index in [2.05, 4.69) is 9.88 Å². The van der Waals surface area contributed by atoms with E-state index in [9.17, 15) is 9.59 Å². The molecule has 1 atom stereocenters. The van der Waals surface area contributed by atoms with Gasteiger partial charge in [-0.2, -0.15) is 0 Å². The SMILES string of the molecule is CCOC(=O)c1ccc(N2CCN(C(=O)C(C)N)CC2)nc1. The zero-order valence-corrected chi connectivity index (χ0v) is 13.0. The Labute approximate surface area is 130 Å². The number of aromatic nitrogens is 1. The summed E-state index contributed by atoms with van der Waals surface area (Å²) in [4.78, 5) is 31.6. The van der Waals surface area contributed by atoms with Crippen LogP contribution in [0.2, 0.25) is 0 Å². The summed E-state index contributed by atoms with van der Waals surface area (Å²) in [6, 6.07) is 3.04. The number of nitrogens with two attached hydrogens (primary N) is 1. The monoisotopic (exact) mass is 306 g/mol. The highest BCUT2D eigenvalue weighted by Crippen LogP contribution is 2.15. The molecule has 1 aromatic rings. The quantitative estimate of drug-likeness (QED) is 0.802. The fourth-order valence-electron chi connectivity index (χ4n) is 2.35. The summed E-state index contributed by atoms with van der Waals surface area (Å²) in [5.74, 6) is 0.403. The Bertz CT molecular complexity index is 522. The van der Waals surface area contributed by atoms with Gasteiger partial charge in [-0.25, -0.2) is 9.78 Å². The molecule has 1 fully saturated rings. The Balaban J connectivity index is 1.94. The second-order valence-corrected chi connectivity index (χ2v) is 5.23. The van der Waals surface area contributed by atoms with Crippen LogP contribution in [0.25, 0.3) is 0 Å². The minimum atomic E-state index is -0.464. The molecular weight excluding hydrogens is 284 g/mol. The van der Waals surface area contributed by atoms with Crippen molar-refractivity contribution in [2.75, 3.05) is 37.7 Å². The van der Waals surface area contributed by atoms with E-state index in [1.165, 1.54) is 6.20 Å². The largest absolute Gasteiger partial charge is 0.462 e. The number of pyridine rings is 1. The number of rotatable bonds is 4. The third kappa shape index (κ3) is 3.73. The van der Waals surface area contributed by atoms with Crippen LogP contribution in [0.3, 0.4) is 0 Å². The molecule has 1 aliphatic heterocycles. The normalized spacial score (nSPS) is 16.3. The zero-order chi connectivity index (χ0) is 16.1. The number of carbonyl (C=O) groups excluding carboxylic acids is 2. The number of nitrogens with zero attached hydrogens (tertiary/aromatic N) is 3. The van der Waals surface area contributed by atoms with E-state index in [4.69, 9.17) is 10.5 Å². The van der Waals surface area contributed by atoms with Crippen molar-refractivity contribution in [1.82, 2.24) is 9.88 Å². The molecule has 1 amide bonds. The van der Waals surface area contributed by atoms with E-state index in [1.54, 1.807) is 30.9 Å². The molecule has 2 rings (SSSR count). The van der Waals surface area contributed by atoms with Crippen LogP contribution in [0.4, 0.5) is 5.82 Å². The Morgan fingerprint density at radius 3 is 2.50 bits per heavy atom. The van der Waals surface area contributed by atoms with Gasteiger partial charge >= 0.3 is 5.97 Å². The average molecular weight is 306 g/mol. The van der Waals surface area contributed by atoms with Gasteiger partial charge in [-0.15, -0.1) is 0 Å². The Hall–Kier alpha value is -2.15. The van der Waals surface area contributed by atoms with Gasteiger partial charge in [-0.05, 0) is 26.0 Å². The van der Waals surface area contributed by atoms with Crippen LogP contribution in [0, 0.1) is 0 Å². The summed E-state index contributed by atoms with van der Waals surface area (Å²) in [6.07, 6.45) is 1.52. The molecular formula is C15H22N4O3. The molecule has 0 aliphatic carbocycles. The highest BCUT2D eigenvalue weighted by Gasteiger charge is 2.23. The Morgan fingerprint density at radius 2 is 2.00 bits per heavy atom. The van der Waals surface area contributed by atoms with Crippen LogP contribution in [-0.4, -0.2) is 60.6 Å². The van der Waals surface area contributed by atoms with Gasteiger partial charge in [-0.1, -0.05) is 0 Å². The molecule has 0 radical (unpaired) electrons. The summed E-state index contributed by atoms with van der Waals surface area (Å²) < 4.78 is 4.93. The molecule has 7 nitrogen and oxygen atoms in total. The summed E-state index contributed by atoms with van der Waals surface area (Å²) in [5, 5.41) is 0. The van der Waals surface area contributed by atoms with Gasteiger partial charge in [0.05, 0.1) is 18.2 Å². The number of hydrogen-bond acceptors (Lipinski definition) is 6. The molecule has 120 valence electrons. The molecule has 1 aromatic heterocycles. The average Bonchev–Trinajstić information content (AvgIpc) is 2.54. The van der Waals surface area contributed by atoms with Crippen LogP contribution < -0.4 is 10.6 Å². The smallest absolute Gasteiger partial charge is 0.339 e. The second-order valence-electron chi connectivity index (χ2n) is 5.23. The number of carbonyl (C=O) groups is 2. The molecule has 2 heterocycles. The van der Waals surface area contributed by atoms with Crippen LogP contribution in [0.15, 0.2) is 18.3 Å². The second kappa shape index (κ2) is 7.22. The Kier molecular flexibility index (Phi) is 5.32. The van der Waals surface area contributed by atoms with Gasteiger partial charge in [0.2, 0.25) is 5.91 Å². The highest BCUT2D eigenvalue weighted by molar-refractivity contribution is 5.89. The van der Waals surface area contributed by atoms with E-state index in [1.807, 2.05) is 0 Å². The maximum Gasteiger partial charge on any atom is 0.339 e. The Morgan fingerprint density at radius 1 is 1.32 bits per heavy atom. The van der Waals surface area contributed by atoms with Crippen LogP contribution in [-0.2, 0) is 9.53 Å². The third-order valence-electron chi connectivity index (χ3n) is 3.56. The predicted octanol–water partition coefficient (Wildman–Crippen LogP) is 0.254. The lowest BCUT2D eigenvalue weighted by atomic mass is 10.2. The minimum Gasteiger partial charge on any atom is -0.462 e. The van der Waals surface area contributed by atoms with Crippen molar-refractivity contribution in [3.63, 3.8) is 0 Å². The van der Waals surface area contributed by atoms with E-state index in [0.717, 1.165) is 5.82 Å². The summed E-state index contributed by atoms with van der Waals surface area (Å²) in [6.45, 7) is 6.46. The number of anilines is 1. The number of hydrogen-bond donors (Lipinski definition) is 1. The lowest BCUT2D eigenvalue weighted by molar-refractivity contribution is -0.132. The first-order chi connectivity index (χ1) is 10.5. The first-order valence-electron chi connectivity index (χ1n) is 7.45. The van der Waals surface area contributed by atoms with E-state index in [-0.39, 0.29) is 11.9 Å². The van der Waals surface area contributed by atoms with Crippen molar-refractivity contribution < 1.29 is 14.3 Å². The molecule has 0 saturated carbocycles. The number of piperazine rings is 1.